The number of nitrogens with zero attached hydrogens (tertiary/aromatic N) is 3. The molecule has 5 nitrogen and oxygen atoms in total. The summed E-state index contributed by atoms with van der Waals surface area (Å²) in [6.07, 6.45) is 3.33. The van der Waals surface area contributed by atoms with E-state index in [9.17, 15) is 4.79 Å². The van der Waals surface area contributed by atoms with Crippen molar-refractivity contribution in [2.45, 2.75) is 5.16 Å². The number of aromatic nitrogens is 2. The van der Waals surface area contributed by atoms with Gasteiger partial charge in [0.2, 0.25) is 5.91 Å². The van der Waals surface area contributed by atoms with Gasteiger partial charge < -0.3 is 10.2 Å². The molecule has 16 heavy (non-hydrogen) atoms. The Bertz CT molecular complexity index is 318. The summed E-state index contributed by atoms with van der Waals surface area (Å²) in [5, 5.41) is 3.46. The molecule has 1 rings (SSSR count). The van der Waals surface area contributed by atoms with Crippen LogP contribution in [0.1, 0.15) is 0 Å². The van der Waals surface area contributed by atoms with Gasteiger partial charge in [-0.3, -0.25) is 4.79 Å². The molecule has 0 aliphatic heterocycles. The maximum atomic E-state index is 11.4. The van der Waals surface area contributed by atoms with Gasteiger partial charge in [0, 0.05) is 25.5 Å². The average molecular weight is 240 g/mol. The Morgan fingerprint density at radius 1 is 1.44 bits per heavy atom. The third-order valence-electron chi connectivity index (χ3n) is 1.76. The highest BCUT2D eigenvalue weighted by Crippen LogP contribution is 2.09. The predicted octanol–water partition coefficient (Wildman–Crippen LogP) is 0.246. The predicted molar refractivity (Wildman–Crippen MR) is 64.3 cm³/mol. The molecule has 0 aliphatic rings. The van der Waals surface area contributed by atoms with Gasteiger partial charge in [-0.1, -0.05) is 11.8 Å². The number of carbonyl (C=O) groups excluding carboxylic acids is 1. The van der Waals surface area contributed by atoms with Crippen LogP contribution in [0.4, 0.5) is 0 Å². The zero-order valence-corrected chi connectivity index (χ0v) is 10.3. The molecule has 0 spiro atoms. The van der Waals surface area contributed by atoms with Gasteiger partial charge in [-0.2, -0.15) is 0 Å². The van der Waals surface area contributed by atoms with Crippen LogP contribution in [-0.4, -0.2) is 53.7 Å². The molecule has 0 unspecified atom stereocenters. The highest BCUT2D eigenvalue weighted by atomic mass is 32.2. The zero-order chi connectivity index (χ0) is 11.8. The van der Waals surface area contributed by atoms with Gasteiger partial charge in [0.15, 0.2) is 5.16 Å². The van der Waals surface area contributed by atoms with Crippen LogP contribution in [0.3, 0.4) is 0 Å². The van der Waals surface area contributed by atoms with Crippen LogP contribution >= 0.6 is 11.8 Å². The fourth-order valence-electron chi connectivity index (χ4n) is 0.960. The minimum absolute atomic E-state index is 0.0132. The lowest BCUT2D eigenvalue weighted by molar-refractivity contribution is -0.118. The lowest BCUT2D eigenvalue weighted by Crippen LogP contribution is -2.32. The molecule has 0 atom stereocenters. The molecule has 1 aromatic heterocycles. The van der Waals surface area contributed by atoms with Gasteiger partial charge in [-0.25, -0.2) is 9.97 Å². The average Bonchev–Trinajstić information content (AvgIpc) is 2.27. The molecule has 88 valence electrons. The smallest absolute Gasteiger partial charge is 0.230 e. The second-order valence-electron chi connectivity index (χ2n) is 3.47. The van der Waals surface area contributed by atoms with Crippen molar-refractivity contribution in [3.8, 4) is 0 Å². The number of amides is 1. The Kier molecular flexibility index (Phi) is 5.81. The lowest BCUT2D eigenvalue weighted by atomic mass is 10.5. The topological polar surface area (TPSA) is 58.1 Å². The molecule has 1 N–H and O–H groups in total. The molecular formula is C10H16N4OS. The maximum absolute atomic E-state index is 11.4. The summed E-state index contributed by atoms with van der Waals surface area (Å²) in [6, 6.07) is 1.75. The van der Waals surface area contributed by atoms with Crippen molar-refractivity contribution in [2.24, 2.45) is 0 Å². The maximum Gasteiger partial charge on any atom is 0.230 e. The van der Waals surface area contributed by atoms with Gasteiger partial charge >= 0.3 is 0 Å². The van der Waals surface area contributed by atoms with E-state index in [-0.39, 0.29) is 5.91 Å². The minimum Gasteiger partial charge on any atom is -0.354 e. The van der Waals surface area contributed by atoms with Gasteiger partial charge in [-0.05, 0) is 20.2 Å². The van der Waals surface area contributed by atoms with Gasteiger partial charge in [0.25, 0.3) is 0 Å². The largest absolute Gasteiger partial charge is 0.354 e. The van der Waals surface area contributed by atoms with E-state index in [0.29, 0.717) is 17.5 Å². The highest BCUT2D eigenvalue weighted by Gasteiger charge is 2.03. The molecule has 0 fully saturated rings. The van der Waals surface area contributed by atoms with E-state index in [1.807, 2.05) is 19.0 Å². The van der Waals surface area contributed by atoms with E-state index in [4.69, 9.17) is 0 Å². The van der Waals surface area contributed by atoms with Crippen molar-refractivity contribution in [1.29, 1.82) is 0 Å². The van der Waals surface area contributed by atoms with Crippen molar-refractivity contribution in [3.63, 3.8) is 0 Å². The molecule has 1 amide bonds. The third kappa shape index (κ3) is 5.67. The summed E-state index contributed by atoms with van der Waals surface area (Å²) in [6.45, 7) is 1.51. The number of hydrogen-bond acceptors (Lipinski definition) is 5. The molecule has 0 radical (unpaired) electrons. The van der Waals surface area contributed by atoms with Crippen LogP contribution in [0.2, 0.25) is 0 Å². The standard InChI is InChI=1S/C10H16N4OS/c1-14(2)7-6-11-9(15)8-16-10-12-4-3-5-13-10/h3-5H,6-8H2,1-2H3,(H,11,15). The molecule has 1 aromatic rings. The van der Waals surface area contributed by atoms with E-state index in [0.717, 1.165) is 6.54 Å². The second kappa shape index (κ2) is 7.19. The highest BCUT2D eigenvalue weighted by molar-refractivity contribution is 7.99. The lowest BCUT2D eigenvalue weighted by Gasteiger charge is -2.09. The van der Waals surface area contributed by atoms with E-state index < -0.39 is 0 Å². The second-order valence-corrected chi connectivity index (χ2v) is 4.42. The fraction of sp³-hybridized carbons (Fsp3) is 0.500. The first-order chi connectivity index (χ1) is 7.68. The third-order valence-corrected chi connectivity index (χ3v) is 2.63. The van der Waals surface area contributed by atoms with E-state index in [1.54, 1.807) is 18.5 Å². The number of carbonyl (C=O) groups is 1. The van der Waals surface area contributed by atoms with Crippen molar-refractivity contribution >= 4 is 17.7 Å². The Hall–Kier alpha value is -1.14. The summed E-state index contributed by atoms with van der Waals surface area (Å²) in [5.41, 5.74) is 0. The van der Waals surface area contributed by atoms with Gasteiger partial charge in [0.1, 0.15) is 0 Å². The van der Waals surface area contributed by atoms with Crippen molar-refractivity contribution in [1.82, 2.24) is 20.2 Å². The number of likely N-dealkylation sites (N-methyl/N-ethyl adjacent to an activating group) is 1. The molecule has 6 heteroatoms. The first-order valence-corrected chi connectivity index (χ1v) is 5.98. The van der Waals surface area contributed by atoms with E-state index in [1.165, 1.54) is 11.8 Å². The first kappa shape index (κ1) is 12.9. The minimum atomic E-state index is 0.0132. The molecule has 1 heterocycles. The van der Waals surface area contributed by atoms with Crippen LogP contribution in [-0.2, 0) is 4.79 Å². The number of thioether (sulfide) groups is 1. The Balaban J connectivity index is 2.16. The van der Waals surface area contributed by atoms with Crippen LogP contribution in [0.5, 0.6) is 0 Å². The Labute approximate surface area is 99.7 Å². The van der Waals surface area contributed by atoms with E-state index in [2.05, 4.69) is 15.3 Å². The van der Waals surface area contributed by atoms with Crippen LogP contribution in [0.25, 0.3) is 0 Å². The van der Waals surface area contributed by atoms with Gasteiger partial charge in [-0.15, -0.1) is 0 Å². The van der Waals surface area contributed by atoms with E-state index >= 15 is 0 Å². The quantitative estimate of drug-likeness (QED) is 0.570. The molecule has 0 bridgehead atoms. The molecule has 0 saturated heterocycles. The Morgan fingerprint density at radius 2 is 2.12 bits per heavy atom. The van der Waals surface area contributed by atoms with Crippen LogP contribution in [0, 0.1) is 0 Å². The van der Waals surface area contributed by atoms with Crippen LogP contribution < -0.4 is 5.32 Å². The number of rotatable bonds is 6. The van der Waals surface area contributed by atoms with Crippen LogP contribution in [0.15, 0.2) is 23.6 Å². The monoisotopic (exact) mass is 240 g/mol. The van der Waals surface area contributed by atoms with Crippen molar-refractivity contribution in [2.75, 3.05) is 32.9 Å². The summed E-state index contributed by atoms with van der Waals surface area (Å²) in [7, 11) is 3.94. The number of hydrogen-bond donors (Lipinski definition) is 1. The number of nitrogens with one attached hydrogen (secondary N) is 1. The molecule has 0 aromatic carbocycles. The summed E-state index contributed by atoms with van der Waals surface area (Å²) >= 11 is 1.34. The Morgan fingerprint density at radius 3 is 2.75 bits per heavy atom. The summed E-state index contributed by atoms with van der Waals surface area (Å²) in [4.78, 5) is 21.5. The van der Waals surface area contributed by atoms with Crippen molar-refractivity contribution < 1.29 is 4.79 Å². The summed E-state index contributed by atoms with van der Waals surface area (Å²) in [5.74, 6) is 0.372. The SMILES string of the molecule is CN(C)CCNC(=O)CSc1ncccn1. The van der Waals surface area contributed by atoms with Gasteiger partial charge in [0.05, 0.1) is 5.75 Å². The fourth-order valence-corrected chi connectivity index (χ4v) is 1.59. The molecule has 0 saturated carbocycles. The van der Waals surface area contributed by atoms with Crippen molar-refractivity contribution in [3.05, 3.63) is 18.5 Å². The normalized spacial score (nSPS) is 10.4. The molecule has 0 aliphatic carbocycles. The molecular weight excluding hydrogens is 224 g/mol. The first-order valence-electron chi connectivity index (χ1n) is 4.99. The zero-order valence-electron chi connectivity index (χ0n) is 9.51. The summed E-state index contributed by atoms with van der Waals surface area (Å²) < 4.78 is 0.